The number of nitrogens with zero attached hydrogens (tertiary/aromatic N) is 3. The summed E-state index contributed by atoms with van der Waals surface area (Å²) in [4.78, 5) is 12.5. The number of amides is 1. The quantitative estimate of drug-likeness (QED) is 0.714. The second kappa shape index (κ2) is 7.99. The van der Waals surface area contributed by atoms with Gasteiger partial charge in [0.2, 0.25) is 5.91 Å². The molecule has 1 aliphatic carbocycles. The Morgan fingerprint density at radius 1 is 1.31 bits per heavy atom. The van der Waals surface area contributed by atoms with Crippen molar-refractivity contribution >= 4 is 17.7 Å². The van der Waals surface area contributed by atoms with Gasteiger partial charge in [0, 0.05) is 12.6 Å². The molecule has 0 spiro atoms. The zero-order chi connectivity index (χ0) is 18.7. The molecule has 1 atom stereocenters. The Hall–Kier alpha value is -2.22. The predicted molar refractivity (Wildman–Crippen MR) is 99.7 cm³/mol. The molecule has 1 saturated carbocycles. The van der Waals surface area contributed by atoms with Crippen molar-refractivity contribution in [1.29, 1.82) is 0 Å². The van der Waals surface area contributed by atoms with E-state index in [0.717, 1.165) is 29.4 Å². The SMILES string of the molecule is COc1ccc(CNC(=O)[C@@H](C)Sc2nnc(C)n2C2CC2)cc1OC. The van der Waals surface area contributed by atoms with Gasteiger partial charge in [-0.1, -0.05) is 17.8 Å². The number of benzene rings is 1. The molecule has 8 heteroatoms. The number of carbonyl (C=O) groups excluding carboxylic acids is 1. The lowest BCUT2D eigenvalue weighted by molar-refractivity contribution is -0.120. The summed E-state index contributed by atoms with van der Waals surface area (Å²) in [6.45, 7) is 4.27. The first-order valence-corrected chi connectivity index (χ1v) is 9.48. The fourth-order valence-corrected chi connectivity index (χ4v) is 3.71. The van der Waals surface area contributed by atoms with Crippen LogP contribution in [0.2, 0.25) is 0 Å². The number of carbonyl (C=O) groups is 1. The Balaban J connectivity index is 1.58. The highest BCUT2D eigenvalue weighted by Crippen LogP contribution is 2.39. The lowest BCUT2D eigenvalue weighted by Crippen LogP contribution is -2.30. The number of aryl methyl sites for hydroxylation is 1. The van der Waals surface area contributed by atoms with E-state index in [1.54, 1.807) is 14.2 Å². The number of nitrogens with one attached hydrogen (secondary N) is 1. The third-order valence-corrected chi connectivity index (χ3v) is 5.37. The molecule has 1 aromatic heterocycles. The van der Waals surface area contributed by atoms with Crippen LogP contribution in [0, 0.1) is 6.92 Å². The van der Waals surface area contributed by atoms with Gasteiger partial charge in [-0.05, 0) is 44.4 Å². The van der Waals surface area contributed by atoms with Crippen molar-refractivity contribution in [2.24, 2.45) is 0 Å². The first kappa shape index (κ1) is 18.6. The van der Waals surface area contributed by atoms with Crippen LogP contribution in [0.5, 0.6) is 11.5 Å². The largest absolute Gasteiger partial charge is 0.493 e. The Labute approximate surface area is 157 Å². The maximum absolute atomic E-state index is 12.5. The summed E-state index contributed by atoms with van der Waals surface area (Å²) in [6.07, 6.45) is 2.32. The van der Waals surface area contributed by atoms with E-state index in [-0.39, 0.29) is 11.2 Å². The first-order chi connectivity index (χ1) is 12.5. The van der Waals surface area contributed by atoms with Crippen molar-refractivity contribution in [3.05, 3.63) is 29.6 Å². The minimum atomic E-state index is -0.253. The summed E-state index contributed by atoms with van der Waals surface area (Å²) in [5.74, 6) is 2.19. The van der Waals surface area contributed by atoms with Crippen molar-refractivity contribution in [2.75, 3.05) is 14.2 Å². The Morgan fingerprint density at radius 3 is 2.69 bits per heavy atom. The summed E-state index contributed by atoms with van der Waals surface area (Å²) in [6, 6.07) is 6.10. The summed E-state index contributed by atoms with van der Waals surface area (Å²) in [7, 11) is 3.19. The van der Waals surface area contributed by atoms with Crippen molar-refractivity contribution < 1.29 is 14.3 Å². The molecule has 26 heavy (non-hydrogen) atoms. The maximum atomic E-state index is 12.5. The van der Waals surface area contributed by atoms with Gasteiger partial charge in [0.05, 0.1) is 19.5 Å². The molecule has 0 radical (unpaired) electrons. The predicted octanol–water partition coefficient (Wildman–Crippen LogP) is 2.74. The molecular weight excluding hydrogens is 352 g/mol. The Bertz CT molecular complexity index is 789. The number of methoxy groups -OCH3 is 2. The molecule has 3 rings (SSSR count). The van der Waals surface area contributed by atoms with E-state index in [1.807, 2.05) is 32.0 Å². The van der Waals surface area contributed by atoms with Crippen LogP contribution in [0.3, 0.4) is 0 Å². The highest BCUT2D eigenvalue weighted by atomic mass is 32.2. The molecule has 1 amide bonds. The molecule has 7 nitrogen and oxygen atoms in total. The van der Waals surface area contributed by atoms with Crippen LogP contribution in [-0.4, -0.2) is 40.1 Å². The zero-order valence-corrected chi connectivity index (χ0v) is 16.3. The van der Waals surface area contributed by atoms with E-state index in [2.05, 4.69) is 20.1 Å². The molecule has 1 aromatic carbocycles. The lowest BCUT2D eigenvalue weighted by atomic mass is 10.2. The highest BCUT2D eigenvalue weighted by molar-refractivity contribution is 8.00. The second-order valence-corrected chi connectivity index (χ2v) is 7.61. The fourth-order valence-electron chi connectivity index (χ4n) is 2.72. The van der Waals surface area contributed by atoms with Crippen LogP contribution in [0.1, 0.15) is 37.2 Å². The van der Waals surface area contributed by atoms with Crippen LogP contribution in [-0.2, 0) is 11.3 Å². The summed E-state index contributed by atoms with van der Waals surface area (Å²) in [5, 5.41) is 11.9. The minimum absolute atomic E-state index is 0.0345. The average Bonchev–Trinajstić information content (AvgIpc) is 3.42. The molecule has 0 saturated heterocycles. The molecule has 140 valence electrons. The zero-order valence-electron chi connectivity index (χ0n) is 15.5. The Morgan fingerprint density at radius 2 is 2.04 bits per heavy atom. The van der Waals surface area contributed by atoms with Gasteiger partial charge < -0.3 is 19.4 Å². The van der Waals surface area contributed by atoms with E-state index in [0.29, 0.717) is 24.1 Å². The number of aromatic nitrogens is 3. The van der Waals surface area contributed by atoms with Crippen molar-refractivity contribution in [3.8, 4) is 11.5 Å². The molecule has 1 fully saturated rings. The van der Waals surface area contributed by atoms with E-state index in [1.165, 1.54) is 11.8 Å². The van der Waals surface area contributed by atoms with Crippen LogP contribution >= 0.6 is 11.8 Å². The van der Waals surface area contributed by atoms with Gasteiger partial charge >= 0.3 is 0 Å². The third-order valence-electron chi connectivity index (χ3n) is 4.31. The molecule has 0 unspecified atom stereocenters. The van der Waals surface area contributed by atoms with Crippen LogP contribution in [0.15, 0.2) is 23.4 Å². The van der Waals surface area contributed by atoms with E-state index >= 15 is 0 Å². The van der Waals surface area contributed by atoms with Gasteiger partial charge in [-0.15, -0.1) is 10.2 Å². The average molecular weight is 376 g/mol. The molecule has 2 aromatic rings. The van der Waals surface area contributed by atoms with E-state index in [4.69, 9.17) is 9.47 Å². The highest BCUT2D eigenvalue weighted by Gasteiger charge is 2.29. The fraction of sp³-hybridized carbons (Fsp3) is 0.500. The van der Waals surface area contributed by atoms with Crippen LogP contribution in [0.25, 0.3) is 0 Å². The number of hydrogen-bond donors (Lipinski definition) is 1. The lowest BCUT2D eigenvalue weighted by Gasteiger charge is -2.14. The topological polar surface area (TPSA) is 78.3 Å². The van der Waals surface area contributed by atoms with Gasteiger partial charge in [0.1, 0.15) is 5.82 Å². The maximum Gasteiger partial charge on any atom is 0.233 e. The van der Waals surface area contributed by atoms with Gasteiger partial charge in [-0.25, -0.2) is 0 Å². The summed E-state index contributed by atoms with van der Waals surface area (Å²) < 4.78 is 12.7. The van der Waals surface area contributed by atoms with E-state index < -0.39 is 0 Å². The smallest absolute Gasteiger partial charge is 0.233 e. The first-order valence-electron chi connectivity index (χ1n) is 8.60. The number of rotatable bonds is 8. The molecule has 1 aliphatic rings. The van der Waals surface area contributed by atoms with Gasteiger partial charge in [0.15, 0.2) is 16.7 Å². The molecular formula is C18H24N4O3S. The summed E-state index contributed by atoms with van der Waals surface area (Å²) in [5.41, 5.74) is 0.949. The summed E-state index contributed by atoms with van der Waals surface area (Å²) >= 11 is 1.45. The third kappa shape index (κ3) is 4.12. The molecule has 0 aliphatic heterocycles. The minimum Gasteiger partial charge on any atom is -0.493 e. The van der Waals surface area contributed by atoms with Crippen molar-refractivity contribution in [3.63, 3.8) is 0 Å². The normalized spacial score (nSPS) is 14.8. The molecule has 0 bridgehead atoms. The second-order valence-electron chi connectivity index (χ2n) is 6.30. The van der Waals surface area contributed by atoms with Gasteiger partial charge in [-0.3, -0.25) is 4.79 Å². The monoisotopic (exact) mass is 376 g/mol. The van der Waals surface area contributed by atoms with Crippen molar-refractivity contribution in [2.45, 2.75) is 49.7 Å². The molecule has 1 N–H and O–H groups in total. The number of thioether (sulfide) groups is 1. The van der Waals surface area contributed by atoms with Gasteiger partial charge in [0.25, 0.3) is 0 Å². The standard InChI is InChI=1S/C18H24N4O3S/c1-11(26-18-21-20-12(2)22(18)14-6-7-14)17(23)19-10-13-5-8-15(24-3)16(9-13)25-4/h5,8-9,11,14H,6-7,10H2,1-4H3,(H,19,23)/t11-/m1/s1. The van der Waals surface area contributed by atoms with Gasteiger partial charge in [-0.2, -0.15) is 0 Å². The number of ether oxygens (including phenoxy) is 2. The van der Waals surface area contributed by atoms with Crippen LogP contribution in [0.4, 0.5) is 0 Å². The van der Waals surface area contributed by atoms with Crippen molar-refractivity contribution in [1.82, 2.24) is 20.1 Å². The van der Waals surface area contributed by atoms with E-state index in [9.17, 15) is 4.79 Å². The van der Waals surface area contributed by atoms with Crippen LogP contribution < -0.4 is 14.8 Å². The molecule has 1 heterocycles. The Kier molecular flexibility index (Phi) is 5.70. The number of hydrogen-bond acceptors (Lipinski definition) is 6.